The van der Waals surface area contributed by atoms with Gasteiger partial charge in [0.15, 0.2) is 0 Å². The van der Waals surface area contributed by atoms with Gasteiger partial charge in [-0.05, 0) is 47.6 Å². The molecule has 0 saturated heterocycles. The van der Waals surface area contributed by atoms with E-state index in [0.717, 1.165) is 24.0 Å². The van der Waals surface area contributed by atoms with Crippen molar-refractivity contribution in [2.24, 2.45) is 5.92 Å². The maximum atomic E-state index is 6.02. The van der Waals surface area contributed by atoms with Crippen molar-refractivity contribution in [1.82, 2.24) is 14.9 Å². The molecular weight excluding hydrogens is 330 g/mol. The van der Waals surface area contributed by atoms with Crippen LogP contribution in [0.1, 0.15) is 35.6 Å². The minimum atomic E-state index is 0.419. The van der Waals surface area contributed by atoms with E-state index in [0.29, 0.717) is 6.04 Å². The summed E-state index contributed by atoms with van der Waals surface area (Å²) in [4.78, 5) is 4.09. The smallest absolute Gasteiger partial charge is 0.0949 e. The molecular formula is C21H22ClN3. The van der Waals surface area contributed by atoms with Gasteiger partial charge in [-0.2, -0.15) is 0 Å². The quantitative estimate of drug-likeness (QED) is 0.661. The molecule has 1 atom stereocenters. The molecule has 0 spiro atoms. The molecule has 1 heterocycles. The first-order valence-electron chi connectivity index (χ1n) is 8.80. The topological polar surface area (TPSA) is 29.9 Å². The van der Waals surface area contributed by atoms with Crippen LogP contribution in [0, 0.1) is 5.92 Å². The summed E-state index contributed by atoms with van der Waals surface area (Å²) in [6, 6.07) is 17.5. The average Bonchev–Trinajstić information content (AvgIpc) is 3.34. The van der Waals surface area contributed by atoms with Gasteiger partial charge in [-0.3, -0.25) is 0 Å². The van der Waals surface area contributed by atoms with Crippen molar-refractivity contribution in [3.8, 4) is 0 Å². The number of nitrogens with one attached hydrogen (secondary N) is 1. The van der Waals surface area contributed by atoms with Gasteiger partial charge >= 0.3 is 0 Å². The van der Waals surface area contributed by atoms with Crippen molar-refractivity contribution < 1.29 is 0 Å². The Balaban J connectivity index is 1.38. The van der Waals surface area contributed by atoms with Gasteiger partial charge in [-0.1, -0.05) is 48.0 Å². The molecule has 128 valence electrons. The summed E-state index contributed by atoms with van der Waals surface area (Å²) in [5, 5.41) is 4.54. The van der Waals surface area contributed by atoms with Gasteiger partial charge in [0.25, 0.3) is 0 Å². The first kappa shape index (κ1) is 16.4. The summed E-state index contributed by atoms with van der Waals surface area (Å²) in [5.74, 6) is 0.752. The summed E-state index contributed by atoms with van der Waals surface area (Å²) in [6.45, 7) is 1.75. The van der Waals surface area contributed by atoms with E-state index in [1.807, 2.05) is 30.9 Å². The zero-order valence-corrected chi connectivity index (χ0v) is 14.9. The molecule has 1 N–H and O–H groups in total. The number of hydrogen-bond acceptors (Lipinski definition) is 2. The Morgan fingerprint density at radius 2 is 1.76 bits per heavy atom. The third kappa shape index (κ3) is 4.30. The van der Waals surface area contributed by atoms with Gasteiger partial charge in [0.05, 0.1) is 6.33 Å². The van der Waals surface area contributed by atoms with Gasteiger partial charge in [0, 0.05) is 36.5 Å². The van der Waals surface area contributed by atoms with Gasteiger partial charge < -0.3 is 9.88 Å². The highest BCUT2D eigenvalue weighted by molar-refractivity contribution is 6.30. The molecule has 0 bridgehead atoms. The first-order chi connectivity index (χ1) is 12.3. The molecule has 25 heavy (non-hydrogen) atoms. The van der Waals surface area contributed by atoms with Crippen LogP contribution in [0.2, 0.25) is 5.02 Å². The van der Waals surface area contributed by atoms with Crippen molar-refractivity contribution in [1.29, 1.82) is 0 Å². The van der Waals surface area contributed by atoms with Crippen molar-refractivity contribution in [3.05, 3.63) is 89.0 Å². The van der Waals surface area contributed by atoms with Crippen LogP contribution in [-0.4, -0.2) is 9.55 Å². The Morgan fingerprint density at radius 1 is 1.04 bits per heavy atom. The van der Waals surface area contributed by atoms with E-state index in [9.17, 15) is 0 Å². The second-order valence-electron chi connectivity index (χ2n) is 6.80. The summed E-state index contributed by atoms with van der Waals surface area (Å²) >= 11 is 6.02. The molecule has 1 aromatic heterocycles. The lowest BCUT2D eigenvalue weighted by atomic mass is 10.0. The van der Waals surface area contributed by atoms with Crippen LogP contribution >= 0.6 is 11.6 Å². The van der Waals surface area contributed by atoms with Crippen molar-refractivity contribution in [3.63, 3.8) is 0 Å². The van der Waals surface area contributed by atoms with Crippen LogP contribution in [0.15, 0.2) is 67.3 Å². The van der Waals surface area contributed by atoms with Crippen LogP contribution in [0.4, 0.5) is 0 Å². The van der Waals surface area contributed by atoms with Crippen molar-refractivity contribution in [2.75, 3.05) is 0 Å². The molecule has 4 heteroatoms. The molecule has 4 rings (SSSR count). The Bertz CT molecular complexity index is 790. The number of halogens is 1. The van der Waals surface area contributed by atoms with Gasteiger partial charge in [0.1, 0.15) is 0 Å². The SMILES string of the molecule is Clc1ccc([C@@H](NCc2ccc(Cn3ccnc3)cc2)C2CC2)cc1. The lowest BCUT2D eigenvalue weighted by Crippen LogP contribution is -2.22. The fraction of sp³-hybridized carbons (Fsp3) is 0.286. The Hall–Kier alpha value is -2.10. The van der Waals surface area contributed by atoms with E-state index in [4.69, 9.17) is 11.6 Å². The highest BCUT2D eigenvalue weighted by Crippen LogP contribution is 2.41. The van der Waals surface area contributed by atoms with E-state index in [1.54, 1.807) is 0 Å². The Kier molecular flexibility index (Phi) is 4.86. The van der Waals surface area contributed by atoms with Crippen molar-refractivity contribution >= 4 is 11.6 Å². The van der Waals surface area contributed by atoms with Gasteiger partial charge in [0.2, 0.25) is 0 Å². The number of aromatic nitrogens is 2. The highest BCUT2D eigenvalue weighted by Gasteiger charge is 2.31. The predicted octanol–water partition coefficient (Wildman–Crippen LogP) is 4.83. The number of nitrogens with zero attached hydrogens (tertiary/aromatic N) is 2. The largest absolute Gasteiger partial charge is 0.333 e. The maximum Gasteiger partial charge on any atom is 0.0949 e. The predicted molar refractivity (Wildman–Crippen MR) is 102 cm³/mol. The van der Waals surface area contributed by atoms with E-state index < -0.39 is 0 Å². The number of imidazole rings is 1. The first-order valence-corrected chi connectivity index (χ1v) is 9.18. The lowest BCUT2D eigenvalue weighted by Gasteiger charge is -2.19. The Labute approximate surface area is 153 Å². The molecule has 0 radical (unpaired) electrons. The van der Waals surface area contributed by atoms with Crippen LogP contribution in [0.25, 0.3) is 0 Å². The third-order valence-corrected chi connectivity index (χ3v) is 5.05. The standard InChI is InChI=1S/C21H22ClN3/c22-20-9-7-19(8-10-20)21(18-5-6-18)24-13-16-1-3-17(4-2-16)14-25-12-11-23-15-25/h1-4,7-12,15,18,21,24H,5-6,13-14H2/t21-/m0/s1. The maximum absolute atomic E-state index is 6.02. The Morgan fingerprint density at radius 3 is 2.40 bits per heavy atom. The zero-order valence-electron chi connectivity index (χ0n) is 14.1. The van der Waals surface area contributed by atoms with Crippen LogP contribution in [0.3, 0.4) is 0 Å². The minimum Gasteiger partial charge on any atom is -0.333 e. The molecule has 3 aromatic rings. The monoisotopic (exact) mass is 351 g/mol. The van der Waals surface area contributed by atoms with Gasteiger partial charge in [-0.25, -0.2) is 4.98 Å². The summed E-state index contributed by atoms with van der Waals surface area (Å²) < 4.78 is 2.08. The number of hydrogen-bond donors (Lipinski definition) is 1. The summed E-state index contributed by atoms with van der Waals surface area (Å²) in [6.07, 6.45) is 8.27. The average molecular weight is 352 g/mol. The molecule has 0 amide bonds. The third-order valence-electron chi connectivity index (χ3n) is 4.80. The van der Waals surface area contributed by atoms with Crippen LogP contribution in [-0.2, 0) is 13.1 Å². The van der Waals surface area contributed by atoms with Crippen LogP contribution < -0.4 is 5.32 Å². The second kappa shape index (κ2) is 7.42. The summed E-state index contributed by atoms with van der Waals surface area (Å²) in [7, 11) is 0. The molecule has 1 aliphatic carbocycles. The molecule has 1 fully saturated rings. The fourth-order valence-corrected chi connectivity index (χ4v) is 3.36. The summed E-state index contributed by atoms with van der Waals surface area (Å²) in [5.41, 5.74) is 3.94. The normalized spacial score (nSPS) is 15.2. The molecule has 1 saturated carbocycles. The second-order valence-corrected chi connectivity index (χ2v) is 7.24. The molecule has 0 aliphatic heterocycles. The number of rotatable bonds is 7. The van der Waals surface area contributed by atoms with E-state index >= 15 is 0 Å². The molecule has 1 aliphatic rings. The fourth-order valence-electron chi connectivity index (χ4n) is 3.24. The minimum absolute atomic E-state index is 0.419. The lowest BCUT2D eigenvalue weighted by molar-refractivity contribution is 0.480. The van der Waals surface area contributed by atoms with Crippen LogP contribution in [0.5, 0.6) is 0 Å². The molecule has 0 unspecified atom stereocenters. The van der Waals surface area contributed by atoms with Crippen molar-refractivity contribution in [2.45, 2.75) is 32.0 Å². The molecule has 2 aromatic carbocycles. The van der Waals surface area contributed by atoms with E-state index in [1.165, 1.54) is 29.5 Å². The van der Waals surface area contributed by atoms with Gasteiger partial charge in [-0.15, -0.1) is 0 Å². The zero-order chi connectivity index (χ0) is 17.1. The highest BCUT2D eigenvalue weighted by atomic mass is 35.5. The number of benzene rings is 2. The van der Waals surface area contributed by atoms with E-state index in [-0.39, 0.29) is 0 Å². The van der Waals surface area contributed by atoms with E-state index in [2.05, 4.69) is 51.3 Å². The molecule has 3 nitrogen and oxygen atoms in total.